The Morgan fingerprint density at radius 2 is 2.08 bits per heavy atom. The summed E-state index contributed by atoms with van der Waals surface area (Å²) in [6.45, 7) is 0.898. The van der Waals surface area contributed by atoms with Crippen LogP contribution in [0.2, 0.25) is 0 Å². The maximum absolute atomic E-state index is 11.4. The van der Waals surface area contributed by atoms with Gasteiger partial charge in [-0.1, -0.05) is 6.42 Å². The molecule has 76 valence electrons. The average molecular weight is 205 g/mol. The number of hydrogen-bond donors (Lipinski definition) is 1. The molecule has 2 atom stereocenters. The lowest BCUT2D eigenvalue weighted by Gasteiger charge is -2.27. The van der Waals surface area contributed by atoms with Gasteiger partial charge in [-0.05, 0) is 12.8 Å². The van der Waals surface area contributed by atoms with E-state index in [1.165, 1.54) is 19.3 Å². The Labute approximate surface area is 85.3 Å². The van der Waals surface area contributed by atoms with Gasteiger partial charge in [0.15, 0.2) is 0 Å². The van der Waals surface area contributed by atoms with Crippen LogP contribution in [0.15, 0.2) is 0 Å². The molecule has 2 heterocycles. The van der Waals surface area contributed by atoms with Gasteiger partial charge in [-0.25, -0.2) is 0 Å². The highest BCUT2D eigenvalue weighted by molar-refractivity contribution is 5.85. The normalized spacial score (nSPS) is 33.6. The maximum Gasteiger partial charge on any atom is 0.223 e. The summed E-state index contributed by atoms with van der Waals surface area (Å²) in [4.78, 5) is 13.3. The maximum atomic E-state index is 11.4. The minimum atomic E-state index is 0. The smallest absolute Gasteiger partial charge is 0.223 e. The van der Waals surface area contributed by atoms with E-state index in [1.807, 2.05) is 11.9 Å². The number of rotatable bonds is 0. The molecule has 0 spiro atoms. The summed E-state index contributed by atoms with van der Waals surface area (Å²) in [7, 11) is 1.91. The molecule has 0 aromatic heterocycles. The summed E-state index contributed by atoms with van der Waals surface area (Å²) in [5, 5.41) is 3.51. The third-order valence-electron chi connectivity index (χ3n) is 2.92. The third kappa shape index (κ3) is 2.35. The second kappa shape index (κ2) is 4.29. The molecule has 0 aromatic rings. The van der Waals surface area contributed by atoms with Gasteiger partial charge in [0.2, 0.25) is 5.91 Å². The number of fused-ring (bicyclic) bond motifs is 2. The Balaban J connectivity index is 0.000000845. The molecule has 2 aliphatic heterocycles. The predicted octanol–water partition coefficient (Wildman–Crippen LogP) is 0.781. The molecule has 2 rings (SSSR count). The van der Waals surface area contributed by atoms with E-state index in [0.29, 0.717) is 24.4 Å². The van der Waals surface area contributed by atoms with Crippen LogP contribution in [0.4, 0.5) is 0 Å². The summed E-state index contributed by atoms with van der Waals surface area (Å²) in [5.41, 5.74) is 0. The number of hydrogen-bond acceptors (Lipinski definition) is 2. The van der Waals surface area contributed by atoms with E-state index >= 15 is 0 Å². The Kier molecular flexibility index (Phi) is 3.56. The van der Waals surface area contributed by atoms with Crippen molar-refractivity contribution in [3.63, 3.8) is 0 Å². The number of carbonyl (C=O) groups excluding carboxylic acids is 1. The number of carbonyl (C=O) groups is 1. The quantitative estimate of drug-likeness (QED) is 0.633. The SMILES string of the molecule is CN1CC2CCCC(CC1=O)N2.Cl. The van der Waals surface area contributed by atoms with Crippen LogP contribution in [0.1, 0.15) is 25.7 Å². The molecule has 1 amide bonds. The van der Waals surface area contributed by atoms with E-state index in [-0.39, 0.29) is 12.4 Å². The first-order chi connectivity index (χ1) is 5.75. The zero-order chi connectivity index (χ0) is 8.55. The van der Waals surface area contributed by atoms with E-state index < -0.39 is 0 Å². The highest BCUT2D eigenvalue weighted by atomic mass is 35.5. The molecular weight excluding hydrogens is 188 g/mol. The van der Waals surface area contributed by atoms with Crippen molar-refractivity contribution in [3.05, 3.63) is 0 Å². The van der Waals surface area contributed by atoms with Gasteiger partial charge in [0.25, 0.3) is 0 Å². The largest absolute Gasteiger partial charge is 0.344 e. The Morgan fingerprint density at radius 1 is 1.38 bits per heavy atom. The van der Waals surface area contributed by atoms with Crippen molar-refractivity contribution in [2.75, 3.05) is 13.6 Å². The Morgan fingerprint density at radius 3 is 2.85 bits per heavy atom. The fraction of sp³-hybridized carbons (Fsp3) is 0.889. The molecule has 2 unspecified atom stereocenters. The molecule has 2 bridgehead atoms. The van der Waals surface area contributed by atoms with Crippen LogP contribution >= 0.6 is 12.4 Å². The fourth-order valence-electron chi connectivity index (χ4n) is 2.21. The second-order valence-electron chi connectivity index (χ2n) is 3.97. The standard InChI is InChI=1S/C9H16N2O.ClH/c1-11-6-8-4-2-3-7(10-8)5-9(11)12;/h7-8,10H,2-6H2,1H3;1H. The fourth-order valence-corrected chi connectivity index (χ4v) is 2.21. The molecule has 2 aliphatic rings. The summed E-state index contributed by atoms with van der Waals surface area (Å²) < 4.78 is 0. The number of nitrogens with one attached hydrogen (secondary N) is 1. The lowest BCUT2D eigenvalue weighted by atomic mass is 9.98. The number of halogens is 1. The van der Waals surface area contributed by atoms with Gasteiger partial charge in [-0.3, -0.25) is 4.79 Å². The van der Waals surface area contributed by atoms with Crippen LogP contribution < -0.4 is 5.32 Å². The second-order valence-corrected chi connectivity index (χ2v) is 3.97. The lowest BCUT2D eigenvalue weighted by molar-refractivity contribution is -0.129. The van der Waals surface area contributed by atoms with Gasteiger partial charge in [0, 0.05) is 32.1 Å². The Hall–Kier alpha value is -0.280. The van der Waals surface area contributed by atoms with Crippen LogP contribution in [-0.2, 0) is 4.79 Å². The molecule has 4 heteroatoms. The van der Waals surface area contributed by atoms with E-state index in [4.69, 9.17) is 0 Å². The summed E-state index contributed by atoms with van der Waals surface area (Å²) in [6, 6.07) is 1.02. The summed E-state index contributed by atoms with van der Waals surface area (Å²) in [6.07, 6.45) is 4.39. The minimum Gasteiger partial charge on any atom is -0.344 e. The molecule has 1 N–H and O–H groups in total. The zero-order valence-electron chi connectivity index (χ0n) is 7.95. The first kappa shape index (κ1) is 10.8. The van der Waals surface area contributed by atoms with Crippen molar-refractivity contribution in [3.8, 4) is 0 Å². The van der Waals surface area contributed by atoms with E-state index in [9.17, 15) is 4.79 Å². The molecule has 0 aliphatic carbocycles. The van der Waals surface area contributed by atoms with Crippen LogP contribution in [0.3, 0.4) is 0 Å². The van der Waals surface area contributed by atoms with E-state index in [1.54, 1.807) is 0 Å². The van der Waals surface area contributed by atoms with Crippen molar-refractivity contribution in [1.29, 1.82) is 0 Å². The minimum absolute atomic E-state index is 0. The molecule has 2 saturated heterocycles. The highest BCUT2D eigenvalue weighted by Crippen LogP contribution is 2.19. The van der Waals surface area contributed by atoms with Crippen molar-refractivity contribution in [1.82, 2.24) is 10.2 Å². The van der Waals surface area contributed by atoms with Crippen molar-refractivity contribution in [2.45, 2.75) is 37.8 Å². The van der Waals surface area contributed by atoms with Gasteiger partial charge < -0.3 is 10.2 Å². The monoisotopic (exact) mass is 204 g/mol. The number of nitrogens with zero attached hydrogens (tertiary/aromatic N) is 1. The molecule has 0 aromatic carbocycles. The van der Waals surface area contributed by atoms with Crippen LogP contribution in [-0.4, -0.2) is 36.5 Å². The van der Waals surface area contributed by atoms with Crippen molar-refractivity contribution < 1.29 is 4.79 Å². The van der Waals surface area contributed by atoms with Gasteiger partial charge in [0.1, 0.15) is 0 Å². The van der Waals surface area contributed by atoms with E-state index in [0.717, 1.165) is 6.54 Å². The van der Waals surface area contributed by atoms with Crippen molar-refractivity contribution in [2.24, 2.45) is 0 Å². The van der Waals surface area contributed by atoms with Crippen molar-refractivity contribution >= 4 is 18.3 Å². The van der Waals surface area contributed by atoms with Crippen LogP contribution in [0, 0.1) is 0 Å². The zero-order valence-corrected chi connectivity index (χ0v) is 8.77. The van der Waals surface area contributed by atoms with Crippen LogP contribution in [0.5, 0.6) is 0 Å². The van der Waals surface area contributed by atoms with Gasteiger partial charge in [0.05, 0.1) is 0 Å². The first-order valence-electron chi connectivity index (χ1n) is 4.76. The third-order valence-corrected chi connectivity index (χ3v) is 2.92. The molecule has 2 fully saturated rings. The highest BCUT2D eigenvalue weighted by Gasteiger charge is 2.29. The molecule has 0 saturated carbocycles. The number of piperidine rings is 1. The number of amides is 1. The summed E-state index contributed by atoms with van der Waals surface area (Å²) in [5.74, 6) is 0.303. The predicted molar refractivity (Wildman–Crippen MR) is 54.1 cm³/mol. The summed E-state index contributed by atoms with van der Waals surface area (Å²) >= 11 is 0. The number of likely N-dealkylation sites (N-methyl/N-ethyl adjacent to an activating group) is 1. The van der Waals surface area contributed by atoms with Gasteiger partial charge >= 0.3 is 0 Å². The van der Waals surface area contributed by atoms with Gasteiger partial charge in [-0.15, -0.1) is 12.4 Å². The lowest BCUT2D eigenvalue weighted by Crippen LogP contribution is -2.43. The Bertz CT molecular complexity index is 198. The molecular formula is C9H17ClN2O. The average Bonchev–Trinajstić information content (AvgIpc) is 2.11. The topological polar surface area (TPSA) is 32.3 Å². The molecule has 3 nitrogen and oxygen atoms in total. The van der Waals surface area contributed by atoms with Gasteiger partial charge in [-0.2, -0.15) is 0 Å². The molecule has 0 radical (unpaired) electrons. The molecule has 13 heavy (non-hydrogen) atoms. The van der Waals surface area contributed by atoms with E-state index in [2.05, 4.69) is 5.32 Å². The van der Waals surface area contributed by atoms with Crippen LogP contribution in [0.25, 0.3) is 0 Å². The first-order valence-corrected chi connectivity index (χ1v) is 4.76.